The SMILES string of the molecule is CCN(CC(=O)NCC(O)CN1CCc2ccccc2C1)C1CC1. The average molecular weight is 331 g/mol. The molecule has 1 atom stereocenters. The molecule has 1 amide bonds. The molecular formula is C19H29N3O2. The second-order valence-electron chi connectivity index (χ2n) is 7.01. The van der Waals surface area contributed by atoms with Crippen molar-refractivity contribution in [1.29, 1.82) is 0 Å². The van der Waals surface area contributed by atoms with Crippen LogP contribution in [-0.2, 0) is 17.8 Å². The maximum absolute atomic E-state index is 12.0. The van der Waals surface area contributed by atoms with E-state index in [2.05, 4.69) is 46.3 Å². The van der Waals surface area contributed by atoms with Crippen LogP contribution in [0.15, 0.2) is 24.3 Å². The Bertz CT molecular complexity index is 559. The number of nitrogens with one attached hydrogen (secondary N) is 1. The molecule has 1 fully saturated rings. The number of carbonyl (C=O) groups is 1. The highest BCUT2D eigenvalue weighted by Crippen LogP contribution is 2.25. The molecule has 132 valence electrons. The summed E-state index contributed by atoms with van der Waals surface area (Å²) in [6.45, 7) is 6.24. The van der Waals surface area contributed by atoms with Gasteiger partial charge in [0.05, 0.1) is 12.6 Å². The number of aliphatic hydroxyl groups excluding tert-OH is 1. The molecule has 1 aliphatic heterocycles. The van der Waals surface area contributed by atoms with Crippen LogP contribution >= 0.6 is 0 Å². The molecule has 3 rings (SSSR count). The minimum atomic E-state index is -0.518. The van der Waals surface area contributed by atoms with Crippen molar-refractivity contribution < 1.29 is 9.90 Å². The molecule has 0 spiro atoms. The predicted octanol–water partition coefficient (Wildman–Crippen LogP) is 1.01. The van der Waals surface area contributed by atoms with Gasteiger partial charge in [0.15, 0.2) is 0 Å². The van der Waals surface area contributed by atoms with Gasteiger partial charge >= 0.3 is 0 Å². The summed E-state index contributed by atoms with van der Waals surface area (Å²) < 4.78 is 0. The first-order chi connectivity index (χ1) is 11.7. The first-order valence-corrected chi connectivity index (χ1v) is 9.13. The number of rotatable bonds is 8. The third kappa shape index (κ3) is 4.79. The molecule has 5 heteroatoms. The fourth-order valence-electron chi connectivity index (χ4n) is 3.48. The van der Waals surface area contributed by atoms with E-state index in [4.69, 9.17) is 0 Å². The molecular weight excluding hydrogens is 302 g/mol. The van der Waals surface area contributed by atoms with Crippen molar-refractivity contribution in [3.8, 4) is 0 Å². The minimum Gasteiger partial charge on any atom is -0.390 e. The lowest BCUT2D eigenvalue weighted by molar-refractivity contribution is -0.122. The largest absolute Gasteiger partial charge is 0.390 e. The highest BCUT2D eigenvalue weighted by molar-refractivity contribution is 5.78. The van der Waals surface area contributed by atoms with E-state index in [-0.39, 0.29) is 5.91 Å². The zero-order valence-corrected chi connectivity index (χ0v) is 14.6. The Hall–Kier alpha value is -1.43. The Kier molecular flexibility index (Phi) is 5.87. The molecule has 0 bridgehead atoms. The number of aliphatic hydroxyl groups is 1. The summed E-state index contributed by atoms with van der Waals surface area (Å²) in [4.78, 5) is 16.5. The molecule has 1 aromatic carbocycles. The third-order valence-electron chi connectivity index (χ3n) is 5.03. The third-order valence-corrected chi connectivity index (χ3v) is 5.03. The maximum Gasteiger partial charge on any atom is 0.234 e. The van der Waals surface area contributed by atoms with Crippen molar-refractivity contribution >= 4 is 5.91 Å². The zero-order valence-electron chi connectivity index (χ0n) is 14.6. The molecule has 2 N–H and O–H groups in total. The quantitative estimate of drug-likeness (QED) is 0.746. The molecule has 0 saturated heterocycles. The smallest absolute Gasteiger partial charge is 0.234 e. The van der Waals surface area contributed by atoms with E-state index < -0.39 is 6.10 Å². The minimum absolute atomic E-state index is 0.0202. The molecule has 1 saturated carbocycles. The number of amides is 1. The van der Waals surface area contributed by atoms with Crippen molar-refractivity contribution in [3.63, 3.8) is 0 Å². The fourth-order valence-corrected chi connectivity index (χ4v) is 3.48. The van der Waals surface area contributed by atoms with Crippen molar-refractivity contribution in [2.75, 3.05) is 32.7 Å². The second kappa shape index (κ2) is 8.10. The predicted molar refractivity (Wildman–Crippen MR) is 94.7 cm³/mol. The fraction of sp³-hybridized carbons (Fsp3) is 0.632. The van der Waals surface area contributed by atoms with Gasteiger partial charge in [-0.2, -0.15) is 0 Å². The van der Waals surface area contributed by atoms with E-state index in [9.17, 15) is 9.90 Å². The number of β-amino-alcohol motifs (C(OH)–C–C–N with tert-alkyl or cyclic N) is 1. The second-order valence-corrected chi connectivity index (χ2v) is 7.01. The van der Waals surface area contributed by atoms with Gasteiger partial charge < -0.3 is 10.4 Å². The van der Waals surface area contributed by atoms with Crippen LogP contribution in [-0.4, -0.2) is 65.7 Å². The van der Waals surface area contributed by atoms with E-state index in [1.165, 1.54) is 24.0 Å². The molecule has 1 aromatic rings. The van der Waals surface area contributed by atoms with E-state index in [0.717, 1.165) is 26.1 Å². The highest BCUT2D eigenvalue weighted by Gasteiger charge is 2.29. The van der Waals surface area contributed by atoms with Gasteiger partial charge in [-0.25, -0.2) is 0 Å². The van der Waals surface area contributed by atoms with Gasteiger partial charge in [0.1, 0.15) is 0 Å². The lowest BCUT2D eigenvalue weighted by Gasteiger charge is -2.30. The maximum atomic E-state index is 12.0. The zero-order chi connectivity index (χ0) is 16.9. The number of hydrogen-bond donors (Lipinski definition) is 2. The molecule has 1 heterocycles. The molecule has 24 heavy (non-hydrogen) atoms. The Morgan fingerprint density at radius 2 is 2.12 bits per heavy atom. The summed E-state index contributed by atoms with van der Waals surface area (Å²) in [5, 5.41) is 13.1. The standard InChI is InChI=1S/C19H29N3O2/c1-2-22(17-7-8-17)14-19(24)20-11-18(23)13-21-10-9-15-5-3-4-6-16(15)12-21/h3-6,17-18,23H,2,7-14H2,1H3,(H,20,24). The van der Waals surface area contributed by atoms with Crippen LogP contribution in [0, 0.1) is 0 Å². The van der Waals surface area contributed by atoms with Crippen LogP contribution < -0.4 is 5.32 Å². The monoisotopic (exact) mass is 331 g/mol. The van der Waals surface area contributed by atoms with E-state index in [0.29, 0.717) is 25.7 Å². The topological polar surface area (TPSA) is 55.8 Å². The molecule has 1 aliphatic carbocycles. The van der Waals surface area contributed by atoms with E-state index in [1.54, 1.807) is 0 Å². The van der Waals surface area contributed by atoms with Gasteiger partial charge in [-0.1, -0.05) is 31.2 Å². The van der Waals surface area contributed by atoms with Gasteiger partial charge in [0.25, 0.3) is 0 Å². The van der Waals surface area contributed by atoms with Crippen LogP contribution in [0.5, 0.6) is 0 Å². The van der Waals surface area contributed by atoms with Crippen molar-refractivity contribution in [3.05, 3.63) is 35.4 Å². The number of fused-ring (bicyclic) bond motifs is 1. The summed E-state index contributed by atoms with van der Waals surface area (Å²) in [5.74, 6) is 0.0202. The van der Waals surface area contributed by atoms with Crippen LogP contribution in [0.2, 0.25) is 0 Å². The summed E-state index contributed by atoms with van der Waals surface area (Å²) in [5.41, 5.74) is 2.76. The van der Waals surface area contributed by atoms with E-state index in [1.807, 2.05) is 0 Å². The lowest BCUT2D eigenvalue weighted by atomic mass is 10.00. The molecule has 1 unspecified atom stereocenters. The number of hydrogen-bond acceptors (Lipinski definition) is 4. The van der Waals surface area contributed by atoms with Gasteiger partial charge in [-0.05, 0) is 36.9 Å². The van der Waals surface area contributed by atoms with Gasteiger partial charge in [0, 0.05) is 32.2 Å². The molecule has 0 radical (unpaired) electrons. The van der Waals surface area contributed by atoms with Crippen LogP contribution in [0.1, 0.15) is 30.9 Å². The normalized spacial score (nSPS) is 19.1. The van der Waals surface area contributed by atoms with E-state index >= 15 is 0 Å². The van der Waals surface area contributed by atoms with Crippen LogP contribution in [0.25, 0.3) is 0 Å². The molecule has 5 nitrogen and oxygen atoms in total. The molecule has 2 aliphatic rings. The van der Waals surface area contributed by atoms with Gasteiger partial charge in [0.2, 0.25) is 5.91 Å². The Balaban J connectivity index is 1.38. The number of likely N-dealkylation sites (N-methyl/N-ethyl adjacent to an activating group) is 1. The highest BCUT2D eigenvalue weighted by atomic mass is 16.3. The van der Waals surface area contributed by atoms with Gasteiger partial charge in [-0.15, -0.1) is 0 Å². The van der Waals surface area contributed by atoms with Crippen LogP contribution in [0.4, 0.5) is 0 Å². The number of benzene rings is 1. The number of nitrogens with zero attached hydrogens (tertiary/aromatic N) is 2. The first kappa shape index (κ1) is 17.4. The summed E-state index contributed by atoms with van der Waals surface area (Å²) in [7, 11) is 0. The van der Waals surface area contributed by atoms with Crippen LogP contribution in [0.3, 0.4) is 0 Å². The van der Waals surface area contributed by atoms with Crippen molar-refractivity contribution in [1.82, 2.24) is 15.1 Å². The average Bonchev–Trinajstić information content (AvgIpc) is 3.43. The molecule has 0 aromatic heterocycles. The lowest BCUT2D eigenvalue weighted by Crippen LogP contribution is -2.44. The first-order valence-electron chi connectivity index (χ1n) is 9.13. The summed E-state index contributed by atoms with van der Waals surface area (Å²) in [6, 6.07) is 9.09. The Morgan fingerprint density at radius 1 is 1.38 bits per heavy atom. The summed E-state index contributed by atoms with van der Waals surface area (Å²) >= 11 is 0. The van der Waals surface area contributed by atoms with Crippen molar-refractivity contribution in [2.45, 2.75) is 44.9 Å². The Labute approximate surface area is 144 Å². The number of carbonyl (C=O) groups excluding carboxylic acids is 1. The summed E-state index contributed by atoms with van der Waals surface area (Å²) in [6.07, 6.45) is 2.93. The van der Waals surface area contributed by atoms with Crippen molar-refractivity contribution in [2.24, 2.45) is 0 Å². The Morgan fingerprint density at radius 3 is 2.83 bits per heavy atom. The van der Waals surface area contributed by atoms with Gasteiger partial charge in [-0.3, -0.25) is 14.6 Å².